The molecule has 2 rings (SSSR count). The van der Waals surface area contributed by atoms with Crippen molar-refractivity contribution in [2.45, 2.75) is 63.4 Å². The predicted molar refractivity (Wildman–Crippen MR) is 120 cm³/mol. The molecule has 0 spiro atoms. The molecule has 1 aliphatic carbocycles. The smallest absolute Gasteiger partial charge is 0.322 e. The summed E-state index contributed by atoms with van der Waals surface area (Å²) >= 11 is 0. The molecular weight excluding hydrogens is 416 g/mol. The number of sulfonamides is 1. The molecule has 0 radical (unpaired) electrons. The van der Waals surface area contributed by atoms with Crippen LogP contribution in [0.5, 0.6) is 5.75 Å². The fraction of sp³-hybridized carbons (Fsp3) is 0.609. The Kier molecular flexibility index (Phi) is 9.35. The molecule has 0 aromatic heterocycles. The van der Waals surface area contributed by atoms with Crippen LogP contribution in [0, 0.1) is 17.8 Å². The Morgan fingerprint density at radius 1 is 1.16 bits per heavy atom. The van der Waals surface area contributed by atoms with Gasteiger partial charge in [-0.2, -0.15) is 4.31 Å². The van der Waals surface area contributed by atoms with Crippen LogP contribution in [0.25, 0.3) is 0 Å². The zero-order valence-electron chi connectivity index (χ0n) is 18.9. The lowest BCUT2D eigenvalue weighted by Gasteiger charge is -2.39. The zero-order valence-corrected chi connectivity index (χ0v) is 19.7. The third-order valence-corrected chi connectivity index (χ3v) is 8.00. The van der Waals surface area contributed by atoms with Crippen molar-refractivity contribution in [3.8, 4) is 17.6 Å². The second kappa shape index (κ2) is 11.5. The van der Waals surface area contributed by atoms with Gasteiger partial charge in [0.2, 0.25) is 10.0 Å². The molecule has 1 aromatic carbocycles. The first kappa shape index (κ1) is 25.2. The molecule has 1 aliphatic rings. The summed E-state index contributed by atoms with van der Waals surface area (Å²) in [5, 5.41) is 9.89. The van der Waals surface area contributed by atoms with E-state index in [1.807, 2.05) is 0 Å². The van der Waals surface area contributed by atoms with Crippen molar-refractivity contribution in [2.24, 2.45) is 5.92 Å². The number of carboxylic acid groups (broad SMARTS) is 1. The number of benzene rings is 1. The van der Waals surface area contributed by atoms with Crippen LogP contribution in [0.15, 0.2) is 29.2 Å². The Bertz CT molecular complexity index is 877. The highest BCUT2D eigenvalue weighted by molar-refractivity contribution is 7.89. The first-order valence-electron chi connectivity index (χ1n) is 10.8. The van der Waals surface area contributed by atoms with Crippen molar-refractivity contribution in [1.82, 2.24) is 9.21 Å². The van der Waals surface area contributed by atoms with Gasteiger partial charge in [-0.3, -0.25) is 4.79 Å². The lowest BCUT2D eigenvalue weighted by molar-refractivity contribution is -0.143. The molecule has 0 aliphatic heterocycles. The summed E-state index contributed by atoms with van der Waals surface area (Å²) in [7, 11) is -2.59. The fourth-order valence-electron chi connectivity index (χ4n) is 4.39. The molecule has 1 N–H and O–H groups in total. The quantitative estimate of drug-likeness (QED) is 0.551. The van der Waals surface area contributed by atoms with E-state index in [0.29, 0.717) is 24.6 Å². The van der Waals surface area contributed by atoms with E-state index in [1.54, 1.807) is 19.1 Å². The lowest BCUT2D eigenvalue weighted by atomic mass is 9.81. The van der Waals surface area contributed by atoms with Gasteiger partial charge in [0.1, 0.15) is 18.4 Å². The SMILES string of the molecule is CC#CCOc1ccc(S(=O)(=O)N(C)[C@@H](C(=O)O)C2CCC(N(CC)CC)CC2)cc1. The van der Waals surface area contributed by atoms with E-state index in [-0.39, 0.29) is 17.4 Å². The summed E-state index contributed by atoms with van der Waals surface area (Å²) in [6.07, 6.45) is 3.17. The maximum absolute atomic E-state index is 13.1. The maximum atomic E-state index is 13.1. The molecule has 1 aromatic rings. The molecule has 172 valence electrons. The molecule has 1 fully saturated rings. The van der Waals surface area contributed by atoms with Gasteiger partial charge in [0.25, 0.3) is 0 Å². The molecule has 0 unspecified atom stereocenters. The minimum atomic E-state index is -3.96. The van der Waals surface area contributed by atoms with Crippen LogP contribution in [0.3, 0.4) is 0 Å². The van der Waals surface area contributed by atoms with E-state index in [0.717, 1.165) is 30.2 Å². The van der Waals surface area contributed by atoms with Gasteiger partial charge in [-0.05, 0) is 75.9 Å². The van der Waals surface area contributed by atoms with Crippen LogP contribution in [0.4, 0.5) is 0 Å². The van der Waals surface area contributed by atoms with Gasteiger partial charge < -0.3 is 14.7 Å². The van der Waals surface area contributed by atoms with Crippen LogP contribution in [0.2, 0.25) is 0 Å². The average molecular weight is 451 g/mol. The van der Waals surface area contributed by atoms with Crippen LogP contribution in [0.1, 0.15) is 46.5 Å². The molecule has 31 heavy (non-hydrogen) atoms. The largest absolute Gasteiger partial charge is 0.481 e. The van der Waals surface area contributed by atoms with Crippen LogP contribution < -0.4 is 4.74 Å². The molecular formula is C23H34N2O5S. The molecule has 8 heteroatoms. The van der Waals surface area contributed by atoms with Crippen molar-refractivity contribution < 1.29 is 23.1 Å². The number of carboxylic acids is 1. The van der Waals surface area contributed by atoms with Crippen LogP contribution >= 0.6 is 0 Å². The second-order valence-corrected chi connectivity index (χ2v) is 9.78. The fourth-order valence-corrected chi connectivity index (χ4v) is 5.77. The average Bonchev–Trinajstić information content (AvgIpc) is 2.76. The summed E-state index contributed by atoms with van der Waals surface area (Å²) < 4.78 is 32.7. The summed E-state index contributed by atoms with van der Waals surface area (Å²) in [6, 6.07) is 5.35. The van der Waals surface area contributed by atoms with E-state index in [1.165, 1.54) is 19.2 Å². The van der Waals surface area contributed by atoms with Crippen molar-refractivity contribution >= 4 is 16.0 Å². The summed E-state index contributed by atoms with van der Waals surface area (Å²) in [6.45, 7) is 8.12. The number of rotatable bonds is 10. The van der Waals surface area contributed by atoms with Gasteiger partial charge in [-0.25, -0.2) is 8.42 Å². The van der Waals surface area contributed by atoms with Gasteiger partial charge in [-0.15, -0.1) is 5.92 Å². The predicted octanol–water partition coefficient (Wildman–Crippen LogP) is 3.06. The first-order chi connectivity index (χ1) is 14.8. The number of likely N-dealkylation sites (N-methyl/N-ethyl adjacent to an activating group) is 1. The van der Waals surface area contributed by atoms with Gasteiger partial charge in [-0.1, -0.05) is 19.8 Å². The molecule has 0 amide bonds. The Balaban J connectivity index is 2.14. The summed E-state index contributed by atoms with van der Waals surface area (Å²) in [5.74, 6) is 4.69. The highest BCUT2D eigenvalue weighted by Gasteiger charge is 2.40. The van der Waals surface area contributed by atoms with Crippen molar-refractivity contribution in [2.75, 3.05) is 26.7 Å². The van der Waals surface area contributed by atoms with E-state index >= 15 is 0 Å². The van der Waals surface area contributed by atoms with E-state index < -0.39 is 22.0 Å². The molecule has 0 bridgehead atoms. The number of nitrogens with zero attached hydrogens (tertiary/aromatic N) is 2. The topological polar surface area (TPSA) is 87.2 Å². The minimum absolute atomic E-state index is 0.0482. The monoisotopic (exact) mass is 450 g/mol. The summed E-state index contributed by atoms with van der Waals surface area (Å²) in [5.41, 5.74) is 0. The molecule has 1 saturated carbocycles. The Morgan fingerprint density at radius 3 is 2.23 bits per heavy atom. The molecule has 0 heterocycles. The van der Waals surface area contributed by atoms with Gasteiger partial charge in [0, 0.05) is 13.1 Å². The third-order valence-electron chi connectivity index (χ3n) is 6.15. The second-order valence-electron chi connectivity index (χ2n) is 7.78. The number of ether oxygens (including phenoxy) is 1. The number of hydrogen-bond donors (Lipinski definition) is 1. The standard InChI is InChI=1S/C23H34N2O5S/c1-5-8-17-30-20-13-15-21(16-14-20)31(28,29)24(4)22(23(26)27)18-9-11-19(12-10-18)25(6-2)7-3/h13-16,18-19,22H,6-7,9-12,17H2,1-4H3,(H,26,27)/t18?,19?,22-/m1/s1. The highest BCUT2D eigenvalue weighted by atomic mass is 32.2. The Labute approximate surface area is 186 Å². The van der Waals surface area contributed by atoms with Crippen LogP contribution in [-0.2, 0) is 14.8 Å². The van der Waals surface area contributed by atoms with Crippen molar-refractivity contribution in [3.63, 3.8) is 0 Å². The van der Waals surface area contributed by atoms with Crippen molar-refractivity contribution in [1.29, 1.82) is 0 Å². The Hall–Kier alpha value is -2.08. The number of aliphatic carboxylic acids is 1. The van der Waals surface area contributed by atoms with E-state index in [4.69, 9.17) is 4.74 Å². The van der Waals surface area contributed by atoms with Gasteiger partial charge >= 0.3 is 5.97 Å². The van der Waals surface area contributed by atoms with Crippen LogP contribution in [-0.4, -0.2) is 67.5 Å². The lowest BCUT2D eigenvalue weighted by Crippen LogP contribution is -2.49. The highest BCUT2D eigenvalue weighted by Crippen LogP contribution is 2.33. The number of hydrogen-bond acceptors (Lipinski definition) is 5. The normalized spacial score (nSPS) is 20.2. The third kappa shape index (κ3) is 6.22. The minimum Gasteiger partial charge on any atom is -0.481 e. The molecule has 0 saturated heterocycles. The number of carbonyl (C=O) groups is 1. The Morgan fingerprint density at radius 2 is 1.74 bits per heavy atom. The van der Waals surface area contributed by atoms with Crippen molar-refractivity contribution in [3.05, 3.63) is 24.3 Å². The first-order valence-corrected chi connectivity index (χ1v) is 12.3. The van der Waals surface area contributed by atoms with Gasteiger partial charge in [0.05, 0.1) is 4.90 Å². The van der Waals surface area contributed by atoms with E-state index in [2.05, 4.69) is 30.6 Å². The molecule has 7 nitrogen and oxygen atoms in total. The van der Waals surface area contributed by atoms with E-state index in [9.17, 15) is 18.3 Å². The van der Waals surface area contributed by atoms with Gasteiger partial charge in [0.15, 0.2) is 0 Å². The maximum Gasteiger partial charge on any atom is 0.322 e. The summed E-state index contributed by atoms with van der Waals surface area (Å²) in [4.78, 5) is 14.5. The molecule has 1 atom stereocenters. The zero-order chi connectivity index (χ0) is 23.0.